The number of hydrogen-bond acceptors (Lipinski definition) is 4. The van der Waals surface area contributed by atoms with Crippen LogP contribution in [-0.4, -0.2) is 35.0 Å². The molecule has 130 valence electrons. The van der Waals surface area contributed by atoms with Crippen molar-refractivity contribution >= 4 is 35.1 Å². The second-order valence-corrected chi connectivity index (χ2v) is 7.76. The maximum atomic E-state index is 12.1. The van der Waals surface area contributed by atoms with Gasteiger partial charge in [-0.15, -0.1) is 0 Å². The third-order valence-electron chi connectivity index (χ3n) is 4.62. The average Bonchev–Trinajstić information content (AvgIpc) is 3.07. The molecule has 0 aliphatic carbocycles. The molecule has 24 heavy (non-hydrogen) atoms. The van der Waals surface area contributed by atoms with Crippen LogP contribution in [0.3, 0.4) is 0 Å². The van der Waals surface area contributed by atoms with E-state index in [-0.39, 0.29) is 24.0 Å². The summed E-state index contributed by atoms with van der Waals surface area (Å²) in [6, 6.07) is 5.98. The Morgan fingerprint density at radius 1 is 1.38 bits per heavy atom. The molecular formula is C17H24N4O2S. The van der Waals surface area contributed by atoms with Gasteiger partial charge in [0.15, 0.2) is 0 Å². The van der Waals surface area contributed by atoms with Gasteiger partial charge < -0.3 is 21.7 Å². The van der Waals surface area contributed by atoms with E-state index in [0.717, 1.165) is 36.3 Å². The summed E-state index contributed by atoms with van der Waals surface area (Å²) >= 11 is 1.91. The molecule has 1 aromatic rings. The number of amides is 3. The number of hydrogen-bond donors (Lipinski definition) is 4. The van der Waals surface area contributed by atoms with Gasteiger partial charge >= 0.3 is 6.03 Å². The molecule has 2 heterocycles. The number of aryl methyl sites for hydroxylation is 1. The number of urea groups is 1. The summed E-state index contributed by atoms with van der Waals surface area (Å²) in [4.78, 5) is 23.4. The molecule has 2 fully saturated rings. The molecule has 0 bridgehead atoms. The zero-order chi connectivity index (χ0) is 17.1. The zero-order valence-corrected chi connectivity index (χ0v) is 14.6. The van der Waals surface area contributed by atoms with Gasteiger partial charge in [-0.2, -0.15) is 11.8 Å². The molecule has 0 spiro atoms. The molecule has 2 aliphatic heterocycles. The van der Waals surface area contributed by atoms with E-state index in [1.807, 2.05) is 30.8 Å². The summed E-state index contributed by atoms with van der Waals surface area (Å²) in [7, 11) is 0. The molecule has 3 rings (SSSR count). The van der Waals surface area contributed by atoms with Crippen LogP contribution in [-0.2, 0) is 4.79 Å². The van der Waals surface area contributed by atoms with Crippen LogP contribution in [0.2, 0.25) is 0 Å². The number of anilines is 2. The summed E-state index contributed by atoms with van der Waals surface area (Å²) in [5.41, 5.74) is 8.20. The van der Waals surface area contributed by atoms with E-state index in [2.05, 4.69) is 16.0 Å². The lowest BCUT2D eigenvalue weighted by Gasteiger charge is -2.16. The van der Waals surface area contributed by atoms with Crippen molar-refractivity contribution in [2.24, 2.45) is 0 Å². The van der Waals surface area contributed by atoms with Crippen molar-refractivity contribution in [2.75, 3.05) is 16.8 Å². The number of nitrogens with one attached hydrogen (secondary N) is 3. The summed E-state index contributed by atoms with van der Waals surface area (Å²) in [5, 5.41) is 9.33. The van der Waals surface area contributed by atoms with Crippen LogP contribution >= 0.6 is 11.8 Å². The highest BCUT2D eigenvalue weighted by molar-refractivity contribution is 8.00. The Bertz CT molecular complexity index is 637. The lowest BCUT2D eigenvalue weighted by Crippen LogP contribution is -2.36. The van der Waals surface area contributed by atoms with Gasteiger partial charge in [-0.25, -0.2) is 4.79 Å². The van der Waals surface area contributed by atoms with Crippen LogP contribution in [0.25, 0.3) is 0 Å². The SMILES string of the molecule is Cc1ccc(N)cc1NC(=O)CCCCC1SCC2NC(=O)NC21. The molecular weight excluding hydrogens is 324 g/mol. The van der Waals surface area contributed by atoms with Crippen LogP contribution in [0.1, 0.15) is 31.2 Å². The minimum Gasteiger partial charge on any atom is -0.399 e. The third-order valence-corrected chi connectivity index (χ3v) is 6.12. The van der Waals surface area contributed by atoms with Crippen LogP contribution in [0.15, 0.2) is 18.2 Å². The molecule has 0 aromatic heterocycles. The van der Waals surface area contributed by atoms with E-state index in [1.54, 1.807) is 6.07 Å². The Labute approximate surface area is 146 Å². The highest BCUT2D eigenvalue weighted by Gasteiger charge is 2.42. The number of thioether (sulfide) groups is 1. The van der Waals surface area contributed by atoms with Gasteiger partial charge in [0.05, 0.1) is 12.1 Å². The lowest BCUT2D eigenvalue weighted by atomic mass is 10.0. The van der Waals surface area contributed by atoms with Crippen molar-refractivity contribution < 1.29 is 9.59 Å². The van der Waals surface area contributed by atoms with Gasteiger partial charge in [0, 0.05) is 28.8 Å². The fraction of sp³-hybridized carbons (Fsp3) is 0.529. The highest BCUT2D eigenvalue weighted by atomic mass is 32.2. The number of fused-ring (bicyclic) bond motifs is 1. The molecule has 7 heteroatoms. The minimum atomic E-state index is -0.0489. The molecule has 3 atom stereocenters. The van der Waals surface area contributed by atoms with Gasteiger partial charge in [-0.05, 0) is 37.5 Å². The summed E-state index contributed by atoms with van der Waals surface area (Å²) in [5.74, 6) is 1.000. The normalized spacial score (nSPS) is 25.0. The van der Waals surface area contributed by atoms with E-state index >= 15 is 0 Å². The third kappa shape index (κ3) is 3.95. The lowest BCUT2D eigenvalue weighted by molar-refractivity contribution is -0.116. The first-order valence-corrected chi connectivity index (χ1v) is 9.42. The topological polar surface area (TPSA) is 96.2 Å². The summed E-state index contributed by atoms with van der Waals surface area (Å²) in [6.07, 6.45) is 3.37. The summed E-state index contributed by atoms with van der Waals surface area (Å²) in [6.45, 7) is 1.95. The molecule has 3 amide bonds. The fourth-order valence-electron chi connectivity index (χ4n) is 3.26. The summed E-state index contributed by atoms with van der Waals surface area (Å²) < 4.78 is 0. The molecule has 3 unspecified atom stereocenters. The van der Waals surface area contributed by atoms with Gasteiger partial charge in [-0.1, -0.05) is 12.5 Å². The molecule has 2 aliphatic rings. The van der Waals surface area contributed by atoms with E-state index < -0.39 is 0 Å². The molecule has 2 saturated heterocycles. The number of carbonyl (C=O) groups is 2. The Balaban J connectivity index is 1.38. The smallest absolute Gasteiger partial charge is 0.315 e. The van der Waals surface area contributed by atoms with Crippen molar-refractivity contribution in [3.8, 4) is 0 Å². The second-order valence-electron chi connectivity index (χ2n) is 6.49. The highest BCUT2D eigenvalue weighted by Crippen LogP contribution is 2.33. The number of nitrogens with two attached hydrogens (primary N) is 1. The van der Waals surface area contributed by atoms with Crippen molar-refractivity contribution in [3.05, 3.63) is 23.8 Å². The Hall–Kier alpha value is -1.89. The van der Waals surface area contributed by atoms with Crippen LogP contribution in [0.5, 0.6) is 0 Å². The quantitative estimate of drug-likeness (QED) is 0.360. The van der Waals surface area contributed by atoms with Crippen molar-refractivity contribution in [1.82, 2.24) is 10.6 Å². The number of unbranched alkanes of at least 4 members (excludes halogenated alkanes) is 1. The van der Waals surface area contributed by atoms with E-state index in [0.29, 0.717) is 17.4 Å². The van der Waals surface area contributed by atoms with Crippen LogP contribution in [0.4, 0.5) is 16.2 Å². The first-order valence-electron chi connectivity index (χ1n) is 8.37. The molecule has 6 nitrogen and oxygen atoms in total. The molecule has 0 saturated carbocycles. The Morgan fingerprint density at radius 3 is 3.04 bits per heavy atom. The standard InChI is InChI=1S/C17H24N4O2S/c1-10-6-7-11(18)8-12(10)19-15(22)5-3-2-4-14-16-13(9-24-14)20-17(23)21-16/h6-8,13-14,16H,2-5,9,18H2,1H3,(H,19,22)(H2,20,21,23). The average molecular weight is 348 g/mol. The number of benzene rings is 1. The Morgan fingerprint density at radius 2 is 2.21 bits per heavy atom. The van der Waals surface area contributed by atoms with E-state index in [1.165, 1.54) is 0 Å². The monoisotopic (exact) mass is 348 g/mol. The van der Waals surface area contributed by atoms with E-state index in [4.69, 9.17) is 5.73 Å². The first kappa shape index (κ1) is 17.0. The maximum Gasteiger partial charge on any atom is 0.315 e. The van der Waals surface area contributed by atoms with Crippen molar-refractivity contribution in [3.63, 3.8) is 0 Å². The molecule has 0 radical (unpaired) electrons. The number of rotatable bonds is 6. The fourth-order valence-corrected chi connectivity index (χ4v) is 4.80. The van der Waals surface area contributed by atoms with E-state index in [9.17, 15) is 9.59 Å². The van der Waals surface area contributed by atoms with Gasteiger partial charge in [-0.3, -0.25) is 4.79 Å². The second kappa shape index (κ2) is 7.34. The largest absolute Gasteiger partial charge is 0.399 e. The van der Waals surface area contributed by atoms with Crippen LogP contribution < -0.4 is 21.7 Å². The number of nitrogen functional groups attached to an aromatic ring is 1. The van der Waals surface area contributed by atoms with Crippen molar-refractivity contribution in [2.45, 2.75) is 49.9 Å². The first-order chi connectivity index (χ1) is 11.5. The minimum absolute atomic E-state index is 0.0245. The Kier molecular flexibility index (Phi) is 5.18. The van der Waals surface area contributed by atoms with Gasteiger partial charge in [0.1, 0.15) is 0 Å². The van der Waals surface area contributed by atoms with Crippen LogP contribution in [0, 0.1) is 6.92 Å². The predicted molar refractivity (Wildman–Crippen MR) is 98.2 cm³/mol. The van der Waals surface area contributed by atoms with Gasteiger partial charge in [0.25, 0.3) is 0 Å². The predicted octanol–water partition coefficient (Wildman–Crippen LogP) is 2.24. The zero-order valence-electron chi connectivity index (χ0n) is 13.8. The van der Waals surface area contributed by atoms with Crippen molar-refractivity contribution in [1.29, 1.82) is 0 Å². The maximum absolute atomic E-state index is 12.1. The van der Waals surface area contributed by atoms with Gasteiger partial charge in [0.2, 0.25) is 5.91 Å². The molecule has 5 N–H and O–H groups in total. The molecule has 1 aromatic carbocycles. The number of carbonyl (C=O) groups excluding carboxylic acids is 2.